The van der Waals surface area contributed by atoms with E-state index in [2.05, 4.69) is 21.0 Å². The highest BCUT2D eigenvalue weighted by Gasteiger charge is 2.20. The zero-order valence-corrected chi connectivity index (χ0v) is 13.4. The van der Waals surface area contributed by atoms with Crippen molar-refractivity contribution in [2.24, 2.45) is 0 Å². The lowest BCUT2D eigenvalue weighted by molar-refractivity contribution is 0.0986. The molecule has 0 fully saturated rings. The molecular weight excluding hydrogens is 342 g/mol. The van der Waals surface area contributed by atoms with Gasteiger partial charge in [0, 0.05) is 6.54 Å². The summed E-state index contributed by atoms with van der Waals surface area (Å²) in [5, 5.41) is 4.38. The van der Waals surface area contributed by atoms with Gasteiger partial charge in [0.15, 0.2) is 5.78 Å². The lowest BCUT2D eigenvalue weighted by atomic mass is 10.1. The highest BCUT2D eigenvalue weighted by atomic mass is 79.9. The summed E-state index contributed by atoms with van der Waals surface area (Å²) in [5.74, 6) is -1.81. The van der Waals surface area contributed by atoms with E-state index >= 15 is 0 Å². The van der Waals surface area contributed by atoms with E-state index in [4.69, 9.17) is 0 Å². The molecule has 2 aromatic rings. The maximum absolute atomic E-state index is 13.7. The summed E-state index contributed by atoms with van der Waals surface area (Å²) in [6.45, 7) is 4.48. The van der Waals surface area contributed by atoms with Crippen LogP contribution in [0.4, 0.5) is 8.78 Å². The van der Waals surface area contributed by atoms with Crippen LogP contribution in [-0.4, -0.2) is 15.6 Å². The molecule has 0 unspecified atom stereocenters. The van der Waals surface area contributed by atoms with Crippen molar-refractivity contribution in [1.82, 2.24) is 9.78 Å². The van der Waals surface area contributed by atoms with E-state index in [1.54, 1.807) is 4.68 Å². The summed E-state index contributed by atoms with van der Waals surface area (Å²) in [6, 6.07) is 2.89. The van der Waals surface area contributed by atoms with Gasteiger partial charge in [-0.2, -0.15) is 5.10 Å². The summed E-state index contributed by atoms with van der Waals surface area (Å²) in [4.78, 5) is 12.2. The van der Waals surface area contributed by atoms with Crippen LogP contribution in [0.15, 0.2) is 22.7 Å². The number of nitrogens with zero attached hydrogens (tertiary/aromatic N) is 2. The molecule has 0 amide bonds. The molecule has 0 bridgehead atoms. The van der Waals surface area contributed by atoms with Gasteiger partial charge in [0.1, 0.15) is 11.6 Å². The molecule has 0 aliphatic rings. The van der Waals surface area contributed by atoms with E-state index in [0.29, 0.717) is 12.2 Å². The van der Waals surface area contributed by atoms with Crippen LogP contribution in [0.2, 0.25) is 0 Å². The molecule has 1 aromatic heterocycles. The highest BCUT2D eigenvalue weighted by molar-refractivity contribution is 9.10. The zero-order chi connectivity index (χ0) is 15.6. The van der Waals surface area contributed by atoms with Crippen molar-refractivity contribution < 1.29 is 13.6 Å². The van der Waals surface area contributed by atoms with Crippen LogP contribution in [0.5, 0.6) is 0 Å². The Labute approximate surface area is 130 Å². The number of halogens is 3. The molecule has 21 heavy (non-hydrogen) atoms. The van der Waals surface area contributed by atoms with E-state index in [0.717, 1.165) is 34.8 Å². The molecule has 0 spiro atoms. The van der Waals surface area contributed by atoms with Crippen molar-refractivity contribution in [2.75, 3.05) is 0 Å². The van der Waals surface area contributed by atoms with Crippen LogP contribution >= 0.6 is 15.9 Å². The van der Waals surface area contributed by atoms with E-state index < -0.39 is 17.4 Å². The van der Waals surface area contributed by atoms with Gasteiger partial charge in [0.2, 0.25) is 0 Å². The van der Waals surface area contributed by atoms with E-state index in [9.17, 15) is 13.6 Å². The third kappa shape index (κ3) is 3.20. The monoisotopic (exact) mass is 356 g/mol. The number of aryl methyl sites for hydroxylation is 2. The fourth-order valence-corrected chi connectivity index (χ4v) is 2.85. The molecule has 1 aromatic carbocycles. The lowest BCUT2D eigenvalue weighted by Crippen LogP contribution is -2.12. The molecule has 0 aliphatic heterocycles. The summed E-state index contributed by atoms with van der Waals surface area (Å²) < 4.78 is 29.3. The minimum atomic E-state index is -0.712. The number of benzene rings is 1. The molecule has 1 heterocycles. The van der Waals surface area contributed by atoms with Crippen molar-refractivity contribution in [1.29, 1.82) is 0 Å². The van der Waals surface area contributed by atoms with Crippen LogP contribution in [0.3, 0.4) is 0 Å². The Morgan fingerprint density at radius 1 is 1.33 bits per heavy atom. The van der Waals surface area contributed by atoms with Gasteiger partial charge in [-0.3, -0.25) is 9.48 Å². The van der Waals surface area contributed by atoms with Gasteiger partial charge in [-0.15, -0.1) is 0 Å². The van der Waals surface area contributed by atoms with Crippen molar-refractivity contribution in [3.8, 4) is 0 Å². The third-order valence-corrected chi connectivity index (χ3v) is 4.17. The molecule has 0 saturated heterocycles. The first-order valence-electron chi connectivity index (χ1n) is 6.70. The number of rotatable bonds is 5. The van der Waals surface area contributed by atoms with Gasteiger partial charge < -0.3 is 0 Å². The van der Waals surface area contributed by atoms with Gasteiger partial charge in [0.05, 0.1) is 27.8 Å². The number of hydrogen-bond acceptors (Lipinski definition) is 2. The first kappa shape index (κ1) is 15.8. The molecule has 2 rings (SSSR count). The molecule has 112 valence electrons. The van der Waals surface area contributed by atoms with Gasteiger partial charge in [-0.25, -0.2) is 8.78 Å². The van der Waals surface area contributed by atoms with Crippen LogP contribution in [0.25, 0.3) is 0 Å². The second kappa shape index (κ2) is 6.47. The molecule has 0 N–H and O–H groups in total. The predicted octanol–water partition coefficient (Wildman–Crippen LogP) is 3.93. The lowest BCUT2D eigenvalue weighted by Gasteiger charge is -2.06. The van der Waals surface area contributed by atoms with Crippen LogP contribution in [0, 0.1) is 11.6 Å². The van der Waals surface area contributed by atoms with Crippen LogP contribution in [0.1, 0.15) is 35.6 Å². The van der Waals surface area contributed by atoms with Crippen molar-refractivity contribution in [2.45, 2.75) is 33.2 Å². The van der Waals surface area contributed by atoms with Gasteiger partial charge in [0.25, 0.3) is 0 Å². The van der Waals surface area contributed by atoms with Crippen LogP contribution in [-0.2, 0) is 19.4 Å². The van der Waals surface area contributed by atoms with Gasteiger partial charge >= 0.3 is 0 Å². The Morgan fingerprint density at radius 3 is 2.67 bits per heavy atom. The fraction of sp³-hybridized carbons (Fsp3) is 0.333. The normalized spacial score (nSPS) is 10.9. The summed E-state index contributed by atoms with van der Waals surface area (Å²) in [5.41, 5.74) is 1.30. The molecule has 0 atom stereocenters. The van der Waals surface area contributed by atoms with Crippen molar-refractivity contribution in [3.05, 3.63) is 51.3 Å². The maximum Gasteiger partial charge on any atom is 0.171 e. The minimum Gasteiger partial charge on any atom is -0.294 e. The Morgan fingerprint density at radius 2 is 2.05 bits per heavy atom. The standard InChI is InChI=1S/C15H15BrF2N2O/c1-3-12-15(16)13(20(4-2)19-12)8-14(21)10-7-9(17)5-6-11(10)18/h5-7H,3-4,8H2,1-2H3. The number of Topliss-reactive ketones (excluding diaryl/α,β-unsaturated/α-hetero) is 1. The smallest absolute Gasteiger partial charge is 0.171 e. The third-order valence-electron chi connectivity index (χ3n) is 3.25. The quantitative estimate of drug-likeness (QED) is 0.760. The topological polar surface area (TPSA) is 34.9 Å². The van der Waals surface area contributed by atoms with Crippen LogP contribution < -0.4 is 0 Å². The molecular formula is C15H15BrF2N2O. The number of carbonyl (C=O) groups excluding carboxylic acids is 1. The Balaban J connectivity index is 2.35. The molecule has 3 nitrogen and oxygen atoms in total. The largest absolute Gasteiger partial charge is 0.294 e. The first-order chi connectivity index (χ1) is 9.97. The number of hydrogen-bond donors (Lipinski definition) is 0. The zero-order valence-electron chi connectivity index (χ0n) is 11.8. The van der Waals surface area contributed by atoms with E-state index in [1.807, 2.05) is 13.8 Å². The number of aromatic nitrogens is 2. The Bertz CT molecular complexity index is 683. The first-order valence-corrected chi connectivity index (χ1v) is 7.49. The second-order valence-corrected chi connectivity index (χ2v) is 5.39. The molecule has 6 heteroatoms. The predicted molar refractivity (Wildman–Crippen MR) is 79.4 cm³/mol. The fourth-order valence-electron chi connectivity index (χ4n) is 2.14. The van der Waals surface area contributed by atoms with E-state index in [-0.39, 0.29) is 12.0 Å². The molecule has 0 aliphatic carbocycles. The minimum absolute atomic E-state index is 0.0260. The van der Waals surface area contributed by atoms with Crippen molar-refractivity contribution in [3.63, 3.8) is 0 Å². The average Bonchev–Trinajstić information content (AvgIpc) is 2.77. The van der Waals surface area contributed by atoms with E-state index in [1.165, 1.54) is 0 Å². The Kier molecular flexibility index (Phi) is 4.88. The second-order valence-electron chi connectivity index (χ2n) is 4.60. The highest BCUT2D eigenvalue weighted by Crippen LogP contribution is 2.24. The molecule has 0 radical (unpaired) electrons. The summed E-state index contributed by atoms with van der Waals surface area (Å²) in [7, 11) is 0. The summed E-state index contributed by atoms with van der Waals surface area (Å²) >= 11 is 3.43. The van der Waals surface area contributed by atoms with Gasteiger partial charge in [-0.05, 0) is 47.5 Å². The SMILES string of the molecule is CCc1nn(CC)c(CC(=O)c2cc(F)ccc2F)c1Br. The molecule has 0 saturated carbocycles. The Hall–Kier alpha value is -1.56. The van der Waals surface area contributed by atoms with Gasteiger partial charge in [-0.1, -0.05) is 6.92 Å². The summed E-state index contributed by atoms with van der Waals surface area (Å²) in [6.07, 6.45) is 0.699. The number of carbonyl (C=O) groups is 1. The van der Waals surface area contributed by atoms with Crippen molar-refractivity contribution >= 4 is 21.7 Å². The maximum atomic E-state index is 13.7. The average molecular weight is 357 g/mol. The number of ketones is 1.